The molecule has 0 aromatic carbocycles. The van der Waals surface area contributed by atoms with E-state index >= 15 is 0 Å². The number of carbonyl (C=O) groups excluding carboxylic acids is 1. The van der Waals surface area contributed by atoms with Gasteiger partial charge in [0.2, 0.25) is 0 Å². The van der Waals surface area contributed by atoms with Crippen LogP contribution in [0.5, 0.6) is 0 Å². The largest absolute Gasteiger partial charge is 0.380 e. The summed E-state index contributed by atoms with van der Waals surface area (Å²) < 4.78 is 6.38. The highest BCUT2D eigenvalue weighted by molar-refractivity contribution is 9.11. The van der Waals surface area contributed by atoms with Gasteiger partial charge in [-0.05, 0) is 40.9 Å². The highest BCUT2D eigenvalue weighted by Crippen LogP contribution is 2.28. The topological polar surface area (TPSA) is 29.5 Å². The second-order valence-electron chi connectivity index (χ2n) is 3.83. The number of nitrogens with zero attached hydrogens (tertiary/aromatic N) is 1. The van der Waals surface area contributed by atoms with Gasteiger partial charge in [0.15, 0.2) is 0 Å². The van der Waals surface area contributed by atoms with Gasteiger partial charge in [-0.1, -0.05) is 0 Å². The first-order chi connectivity index (χ1) is 7.68. The van der Waals surface area contributed by atoms with Crippen LogP contribution in [0.15, 0.2) is 9.85 Å². The zero-order valence-corrected chi connectivity index (χ0v) is 11.6. The van der Waals surface area contributed by atoms with Gasteiger partial charge >= 0.3 is 0 Å². The Morgan fingerprint density at radius 2 is 2.31 bits per heavy atom. The van der Waals surface area contributed by atoms with Crippen LogP contribution < -0.4 is 0 Å². The number of thiophene rings is 1. The van der Waals surface area contributed by atoms with Gasteiger partial charge in [-0.3, -0.25) is 4.79 Å². The molecule has 1 aliphatic heterocycles. The van der Waals surface area contributed by atoms with Crippen LogP contribution in [0.1, 0.15) is 21.7 Å². The molecule has 2 rings (SSSR count). The Balaban J connectivity index is 2.11. The molecule has 0 bridgehead atoms. The fourth-order valence-electron chi connectivity index (χ4n) is 1.67. The Kier molecular flexibility index (Phi) is 4.00. The number of rotatable bonds is 1. The molecule has 0 unspecified atom stereocenters. The van der Waals surface area contributed by atoms with Crippen LogP contribution in [-0.4, -0.2) is 37.1 Å². The third-order valence-electron chi connectivity index (χ3n) is 2.58. The number of hydrogen-bond donors (Lipinski definition) is 0. The second kappa shape index (κ2) is 5.29. The summed E-state index contributed by atoms with van der Waals surface area (Å²) in [5.74, 6) is 0.129. The molecule has 5 heteroatoms. The molecule has 1 saturated heterocycles. The molecular formula is C11H14BrNO2S. The Bertz CT molecular complexity index is 364. The fourth-order valence-corrected chi connectivity index (χ4v) is 3.17. The smallest absolute Gasteiger partial charge is 0.264 e. The quantitative estimate of drug-likeness (QED) is 0.798. The first kappa shape index (κ1) is 12.1. The molecule has 88 valence electrons. The van der Waals surface area contributed by atoms with Crippen LogP contribution in [0.2, 0.25) is 0 Å². The predicted octanol–water partition coefficient (Wildman–Crippen LogP) is 2.68. The lowest BCUT2D eigenvalue weighted by Crippen LogP contribution is -2.32. The second-order valence-corrected chi connectivity index (χ2v) is 6.20. The maximum absolute atomic E-state index is 12.2. The molecule has 0 atom stereocenters. The van der Waals surface area contributed by atoms with E-state index < -0.39 is 0 Å². The molecule has 1 aromatic heterocycles. The SMILES string of the molecule is Cc1cc(C(=O)N2CCCOCC2)sc1Br. The molecule has 1 amide bonds. The van der Waals surface area contributed by atoms with Crippen molar-refractivity contribution in [1.82, 2.24) is 4.90 Å². The summed E-state index contributed by atoms with van der Waals surface area (Å²) in [5, 5.41) is 0. The molecule has 0 N–H and O–H groups in total. The van der Waals surface area contributed by atoms with Gasteiger partial charge < -0.3 is 9.64 Å². The number of amides is 1. The summed E-state index contributed by atoms with van der Waals surface area (Å²) in [6.07, 6.45) is 0.928. The van der Waals surface area contributed by atoms with E-state index in [1.54, 1.807) is 0 Å². The molecule has 0 spiro atoms. The van der Waals surface area contributed by atoms with E-state index in [0.717, 1.165) is 33.8 Å². The Hall–Kier alpha value is -0.390. The summed E-state index contributed by atoms with van der Waals surface area (Å²) in [4.78, 5) is 14.9. The molecule has 2 heterocycles. The Morgan fingerprint density at radius 3 is 3.00 bits per heavy atom. The van der Waals surface area contributed by atoms with Crippen molar-refractivity contribution in [3.63, 3.8) is 0 Å². The molecular weight excluding hydrogens is 290 g/mol. The van der Waals surface area contributed by atoms with Crippen LogP contribution in [-0.2, 0) is 4.74 Å². The lowest BCUT2D eigenvalue weighted by atomic mass is 10.3. The first-order valence-corrected chi connectivity index (χ1v) is 6.92. The Labute approximate surface area is 108 Å². The van der Waals surface area contributed by atoms with Crippen molar-refractivity contribution in [1.29, 1.82) is 0 Å². The lowest BCUT2D eigenvalue weighted by Gasteiger charge is -2.18. The minimum Gasteiger partial charge on any atom is -0.380 e. The number of ether oxygens (including phenoxy) is 1. The van der Waals surface area contributed by atoms with E-state index in [4.69, 9.17) is 4.74 Å². The van der Waals surface area contributed by atoms with Crippen molar-refractivity contribution in [2.75, 3.05) is 26.3 Å². The van der Waals surface area contributed by atoms with Crippen molar-refractivity contribution >= 4 is 33.2 Å². The van der Waals surface area contributed by atoms with E-state index in [9.17, 15) is 4.79 Å². The maximum atomic E-state index is 12.2. The molecule has 0 radical (unpaired) electrons. The highest BCUT2D eigenvalue weighted by atomic mass is 79.9. The number of halogens is 1. The number of hydrogen-bond acceptors (Lipinski definition) is 3. The third kappa shape index (κ3) is 2.64. The van der Waals surface area contributed by atoms with Gasteiger partial charge in [-0.15, -0.1) is 11.3 Å². The van der Waals surface area contributed by atoms with Gasteiger partial charge in [0.1, 0.15) is 0 Å². The highest BCUT2D eigenvalue weighted by Gasteiger charge is 2.19. The van der Waals surface area contributed by atoms with Gasteiger partial charge in [0.05, 0.1) is 15.3 Å². The average molecular weight is 304 g/mol. The minimum atomic E-state index is 0.129. The summed E-state index contributed by atoms with van der Waals surface area (Å²) in [6.45, 7) is 4.91. The van der Waals surface area contributed by atoms with Gasteiger partial charge in [0.25, 0.3) is 5.91 Å². The molecule has 0 saturated carbocycles. The van der Waals surface area contributed by atoms with Crippen molar-refractivity contribution in [2.24, 2.45) is 0 Å². The van der Waals surface area contributed by atoms with Gasteiger partial charge in [-0.2, -0.15) is 0 Å². The van der Waals surface area contributed by atoms with Crippen LogP contribution in [0, 0.1) is 6.92 Å². The molecule has 3 nitrogen and oxygen atoms in total. The van der Waals surface area contributed by atoms with Crippen molar-refractivity contribution in [2.45, 2.75) is 13.3 Å². The van der Waals surface area contributed by atoms with Crippen molar-refractivity contribution < 1.29 is 9.53 Å². The third-order valence-corrected chi connectivity index (χ3v) is 4.70. The standard InChI is InChI=1S/C11H14BrNO2S/c1-8-7-9(16-10(8)12)11(14)13-3-2-5-15-6-4-13/h7H,2-6H2,1H3. The molecule has 1 fully saturated rings. The fraction of sp³-hybridized carbons (Fsp3) is 0.545. The minimum absolute atomic E-state index is 0.129. The predicted molar refractivity (Wildman–Crippen MR) is 68.1 cm³/mol. The monoisotopic (exact) mass is 303 g/mol. The number of carbonyl (C=O) groups is 1. The van der Waals surface area contributed by atoms with Crippen LogP contribution in [0.4, 0.5) is 0 Å². The summed E-state index contributed by atoms with van der Waals surface area (Å²) >= 11 is 4.95. The molecule has 1 aromatic rings. The average Bonchev–Trinajstić information content (AvgIpc) is 2.51. The number of aryl methyl sites for hydroxylation is 1. The molecule has 0 aliphatic carbocycles. The van der Waals surface area contributed by atoms with Crippen LogP contribution in [0.3, 0.4) is 0 Å². The van der Waals surface area contributed by atoms with Gasteiger partial charge in [0, 0.05) is 19.7 Å². The summed E-state index contributed by atoms with van der Waals surface area (Å²) in [7, 11) is 0. The zero-order valence-electron chi connectivity index (χ0n) is 9.16. The molecule has 1 aliphatic rings. The van der Waals surface area contributed by atoms with Crippen LogP contribution in [0.25, 0.3) is 0 Å². The lowest BCUT2D eigenvalue weighted by molar-refractivity contribution is 0.0746. The van der Waals surface area contributed by atoms with E-state index in [-0.39, 0.29) is 5.91 Å². The van der Waals surface area contributed by atoms with E-state index in [1.165, 1.54) is 11.3 Å². The van der Waals surface area contributed by atoms with Crippen molar-refractivity contribution in [3.05, 3.63) is 20.3 Å². The summed E-state index contributed by atoms with van der Waals surface area (Å²) in [5.41, 5.74) is 1.12. The summed E-state index contributed by atoms with van der Waals surface area (Å²) in [6, 6.07) is 1.95. The Morgan fingerprint density at radius 1 is 1.50 bits per heavy atom. The van der Waals surface area contributed by atoms with E-state index in [2.05, 4.69) is 15.9 Å². The van der Waals surface area contributed by atoms with Crippen molar-refractivity contribution in [3.8, 4) is 0 Å². The maximum Gasteiger partial charge on any atom is 0.264 e. The van der Waals surface area contributed by atoms with E-state index in [0.29, 0.717) is 13.2 Å². The first-order valence-electron chi connectivity index (χ1n) is 5.31. The van der Waals surface area contributed by atoms with Gasteiger partial charge in [-0.25, -0.2) is 0 Å². The molecule has 16 heavy (non-hydrogen) atoms. The van der Waals surface area contributed by atoms with E-state index in [1.807, 2.05) is 17.9 Å². The van der Waals surface area contributed by atoms with Crippen LogP contribution >= 0.6 is 27.3 Å². The normalized spacial score (nSPS) is 17.2. The zero-order chi connectivity index (χ0) is 11.5.